The number of amides is 1. The van der Waals surface area contributed by atoms with Crippen LogP contribution in [0.25, 0.3) is 5.65 Å². The van der Waals surface area contributed by atoms with Gasteiger partial charge in [-0.2, -0.15) is 5.10 Å². The molecule has 7 nitrogen and oxygen atoms in total. The predicted molar refractivity (Wildman–Crippen MR) is 90.9 cm³/mol. The molecule has 24 heavy (non-hydrogen) atoms. The van der Waals surface area contributed by atoms with Crippen LogP contribution in [0.1, 0.15) is 42.6 Å². The van der Waals surface area contributed by atoms with E-state index in [1.165, 1.54) is 0 Å². The van der Waals surface area contributed by atoms with Crippen molar-refractivity contribution in [2.45, 2.75) is 39.3 Å². The van der Waals surface area contributed by atoms with E-state index in [9.17, 15) is 4.79 Å². The highest BCUT2D eigenvalue weighted by atomic mass is 16.5. The second kappa shape index (κ2) is 7.72. The van der Waals surface area contributed by atoms with E-state index in [1.54, 1.807) is 10.7 Å². The molecule has 1 aliphatic heterocycles. The van der Waals surface area contributed by atoms with Crippen LogP contribution >= 0.6 is 0 Å². The van der Waals surface area contributed by atoms with E-state index in [1.807, 2.05) is 12.4 Å². The van der Waals surface area contributed by atoms with Crippen LogP contribution in [-0.2, 0) is 11.3 Å². The highest BCUT2D eigenvalue weighted by Gasteiger charge is 2.19. The van der Waals surface area contributed by atoms with E-state index in [4.69, 9.17) is 4.74 Å². The highest BCUT2D eigenvalue weighted by Crippen LogP contribution is 2.13. The molecule has 0 unspecified atom stereocenters. The van der Waals surface area contributed by atoms with Gasteiger partial charge in [-0.05, 0) is 25.9 Å². The van der Waals surface area contributed by atoms with Gasteiger partial charge < -0.3 is 10.1 Å². The van der Waals surface area contributed by atoms with Crippen molar-refractivity contribution in [3.05, 3.63) is 29.7 Å². The molecule has 1 atom stereocenters. The monoisotopic (exact) mass is 331 g/mol. The SMILES string of the molecule is CCN(CC)Cc1cnc2c(C(=O)NC[C@H]3CCCO3)cnn2c1. The Bertz CT molecular complexity index is 689. The topological polar surface area (TPSA) is 71.8 Å². The molecule has 1 N–H and O–H groups in total. The Morgan fingerprint density at radius 1 is 1.42 bits per heavy atom. The molecule has 0 spiro atoms. The van der Waals surface area contributed by atoms with Gasteiger partial charge in [0.15, 0.2) is 5.65 Å². The number of fused-ring (bicyclic) bond motifs is 1. The summed E-state index contributed by atoms with van der Waals surface area (Å²) in [5, 5.41) is 7.20. The van der Waals surface area contributed by atoms with E-state index in [0.717, 1.165) is 44.6 Å². The second-order valence-corrected chi connectivity index (χ2v) is 6.10. The lowest BCUT2D eigenvalue weighted by Crippen LogP contribution is -2.31. The highest BCUT2D eigenvalue weighted by molar-refractivity contribution is 5.99. The average molecular weight is 331 g/mol. The van der Waals surface area contributed by atoms with Crippen molar-refractivity contribution < 1.29 is 9.53 Å². The summed E-state index contributed by atoms with van der Waals surface area (Å²) in [6, 6.07) is 0. The normalized spacial score (nSPS) is 17.7. The molecule has 130 valence electrons. The molecule has 7 heteroatoms. The third kappa shape index (κ3) is 3.73. The summed E-state index contributed by atoms with van der Waals surface area (Å²) < 4.78 is 7.21. The van der Waals surface area contributed by atoms with Crippen LogP contribution in [0.5, 0.6) is 0 Å². The first-order chi connectivity index (χ1) is 11.7. The van der Waals surface area contributed by atoms with Gasteiger partial charge in [-0.1, -0.05) is 13.8 Å². The standard InChI is InChI=1S/C17H25N5O2/c1-3-21(4-2)11-13-8-18-16-15(10-20-22(16)12-13)17(23)19-9-14-6-5-7-24-14/h8,10,12,14H,3-7,9,11H2,1-2H3,(H,19,23)/t14-/m1/s1. The third-order valence-electron chi connectivity index (χ3n) is 4.47. The summed E-state index contributed by atoms with van der Waals surface area (Å²) in [4.78, 5) is 19.1. The zero-order valence-corrected chi connectivity index (χ0v) is 14.4. The van der Waals surface area contributed by atoms with Crippen LogP contribution in [0.15, 0.2) is 18.6 Å². The Hall–Kier alpha value is -1.99. The van der Waals surface area contributed by atoms with Crippen LogP contribution in [0.3, 0.4) is 0 Å². The maximum atomic E-state index is 12.4. The number of ether oxygens (including phenoxy) is 1. The third-order valence-corrected chi connectivity index (χ3v) is 4.47. The zero-order chi connectivity index (χ0) is 16.9. The number of hydrogen-bond donors (Lipinski definition) is 1. The fourth-order valence-electron chi connectivity index (χ4n) is 2.97. The Labute approximate surface area is 142 Å². The maximum Gasteiger partial charge on any atom is 0.256 e. The van der Waals surface area contributed by atoms with Gasteiger partial charge in [-0.3, -0.25) is 9.69 Å². The first-order valence-corrected chi connectivity index (χ1v) is 8.65. The molecular formula is C17H25N5O2. The zero-order valence-electron chi connectivity index (χ0n) is 14.4. The molecule has 1 aliphatic rings. The number of carbonyl (C=O) groups excluding carboxylic acids is 1. The molecule has 1 saturated heterocycles. The molecule has 1 fully saturated rings. The molecule has 2 aromatic heterocycles. The van der Waals surface area contributed by atoms with Crippen molar-refractivity contribution in [2.24, 2.45) is 0 Å². The van der Waals surface area contributed by atoms with Crippen molar-refractivity contribution in [1.82, 2.24) is 24.8 Å². The van der Waals surface area contributed by atoms with Gasteiger partial charge in [-0.15, -0.1) is 0 Å². The van der Waals surface area contributed by atoms with Crippen molar-refractivity contribution in [1.29, 1.82) is 0 Å². The predicted octanol–water partition coefficient (Wildman–Crippen LogP) is 1.48. The van der Waals surface area contributed by atoms with Crippen LogP contribution in [0.4, 0.5) is 0 Å². The Morgan fingerprint density at radius 2 is 2.25 bits per heavy atom. The van der Waals surface area contributed by atoms with E-state index >= 15 is 0 Å². The van der Waals surface area contributed by atoms with E-state index in [0.29, 0.717) is 17.8 Å². The minimum absolute atomic E-state index is 0.129. The van der Waals surface area contributed by atoms with Gasteiger partial charge in [0.2, 0.25) is 0 Å². The minimum Gasteiger partial charge on any atom is -0.376 e. The average Bonchev–Trinajstić information content (AvgIpc) is 3.26. The summed E-state index contributed by atoms with van der Waals surface area (Å²) in [5.74, 6) is -0.149. The van der Waals surface area contributed by atoms with Gasteiger partial charge in [0.25, 0.3) is 5.91 Å². The van der Waals surface area contributed by atoms with Gasteiger partial charge in [0.1, 0.15) is 5.56 Å². The number of aromatic nitrogens is 3. The van der Waals surface area contributed by atoms with E-state index in [-0.39, 0.29) is 12.0 Å². The largest absolute Gasteiger partial charge is 0.376 e. The lowest BCUT2D eigenvalue weighted by molar-refractivity contribution is 0.0859. The molecule has 0 aliphatic carbocycles. The first kappa shape index (κ1) is 16.9. The lowest BCUT2D eigenvalue weighted by Gasteiger charge is -2.17. The maximum absolute atomic E-state index is 12.4. The fraction of sp³-hybridized carbons (Fsp3) is 0.588. The van der Waals surface area contributed by atoms with Crippen molar-refractivity contribution in [2.75, 3.05) is 26.2 Å². The molecule has 3 heterocycles. The Morgan fingerprint density at radius 3 is 2.96 bits per heavy atom. The summed E-state index contributed by atoms with van der Waals surface area (Å²) in [6.45, 7) is 8.41. The van der Waals surface area contributed by atoms with Crippen LogP contribution in [0, 0.1) is 0 Å². The Kier molecular flexibility index (Phi) is 5.42. The summed E-state index contributed by atoms with van der Waals surface area (Å²) in [7, 11) is 0. The van der Waals surface area contributed by atoms with Gasteiger partial charge >= 0.3 is 0 Å². The van der Waals surface area contributed by atoms with Crippen molar-refractivity contribution in [3.63, 3.8) is 0 Å². The quantitative estimate of drug-likeness (QED) is 0.832. The van der Waals surface area contributed by atoms with Gasteiger partial charge in [-0.25, -0.2) is 9.50 Å². The number of carbonyl (C=O) groups is 1. The Balaban J connectivity index is 1.69. The van der Waals surface area contributed by atoms with E-state index in [2.05, 4.69) is 34.1 Å². The molecule has 0 saturated carbocycles. The van der Waals surface area contributed by atoms with Crippen LogP contribution in [-0.4, -0.2) is 57.8 Å². The minimum atomic E-state index is -0.149. The molecule has 0 radical (unpaired) electrons. The number of nitrogens with zero attached hydrogens (tertiary/aromatic N) is 4. The summed E-state index contributed by atoms with van der Waals surface area (Å²) in [5.41, 5.74) is 2.17. The molecule has 3 rings (SSSR count). The number of rotatable bonds is 7. The summed E-state index contributed by atoms with van der Waals surface area (Å²) in [6.07, 6.45) is 7.54. The number of nitrogens with one attached hydrogen (secondary N) is 1. The van der Waals surface area contributed by atoms with Crippen molar-refractivity contribution in [3.8, 4) is 0 Å². The van der Waals surface area contributed by atoms with Crippen molar-refractivity contribution >= 4 is 11.6 Å². The molecule has 0 aromatic carbocycles. The second-order valence-electron chi connectivity index (χ2n) is 6.10. The lowest BCUT2D eigenvalue weighted by atomic mass is 10.2. The van der Waals surface area contributed by atoms with Crippen LogP contribution < -0.4 is 5.32 Å². The smallest absolute Gasteiger partial charge is 0.256 e. The molecule has 1 amide bonds. The molecular weight excluding hydrogens is 306 g/mol. The fourth-order valence-corrected chi connectivity index (χ4v) is 2.97. The number of hydrogen-bond acceptors (Lipinski definition) is 5. The van der Waals surface area contributed by atoms with Gasteiger partial charge in [0, 0.05) is 37.7 Å². The molecule has 2 aromatic rings. The van der Waals surface area contributed by atoms with E-state index < -0.39 is 0 Å². The van der Waals surface area contributed by atoms with Gasteiger partial charge in [0.05, 0.1) is 12.3 Å². The van der Waals surface area contributed by atoms with Crippen LogP contribution in [0.2, 0.25) is 0 Å². The molecule has 0 bridgehead atoms. The first-order valence-electron chi connectivity index (χ1n) is 8.65. The summed E-state index contributed by atoms with van der Waals surface area (Å²) >= 11 is 0.